The van der Waals surface area contributed by atoms with Gasteiger partial charge in [-0.3, -0.25) is 19.9 Å². The molecule has 2 aromatic heterocycles. The topological polar surface area (TPSA) is 133 Å². The quantitative estimate of drug-likeness (QED) is 0.210. The Kier molecular flexibility index (Phi) is 8.00. The normalized spacial score (nSPS) is 11.7. The number of nitrogens with zero attached hydrogens (tertiary/aromatic N) is 4. The molecule has 2 heterocycles. The summed E-state index contributed by atoms with van der Waals surface area (Å²) in [5.74, 6) is -0.0388. The zero-order valence-electron chi connectivity index (χ0n) is 21.5. The molecule has 0 fully saturated rings. The van der Waals surface area contributed by atoms with Crippen molar-refractivity contribution in [3.8, 4) is 0 Å². The lowest BCUT2D eigenvalue weighted by Gasteiger charge is -2.27. The molecule has 0 bridgehead atoms. The number of carbonyl (C=O) groups is 2. The lowest BCUT2D eigenvalue weighted by molar-refractivity contribution is -0.137. The number of fused-ring (bicyclic) bond motifs is 1. The van der Waals surface area contributed by atoms with Crippen molar-refractivity contribution >= 4 is 40.3 Å². The number of rotatable bonds is 10. The first kappa shape index (κ1) is 26.3. The summed E-state index contributed by atoms with van der Waals surface area (Å²) < 4.78 is 7.19. The Balaban J connectivity index is 1.55. The molecular formula is C28H30N6O4. The van der Waals surface area contributed by atoms with Crippen LogP contribution in [0.5, 0.6) is 0 Å². The van der Waals surface area contributed by atoms with Crippen molar-refractivity contribution in [3.05, 3.63) is 83.8 Å². The number of anilines is 2. The van der Waals surface area contributed by atoms with Crippen molar-refractivity contribution in [2.45, 2.75) is 32.9 Å². The van der Waals surface area contributed by atoms with Gasteiger partial charge >= 0.3 is 5.97 Å². The van der Waals surface area contributed by atoms with Gasteiger partial charge in [0.2, 0.25) is 5.90 Å². The SMILES string of the molecule is CCOC(=N)c1ccc(NCc2nc3cc(C(=O)N(c4ccccn4)C(C)CC(=O)O)ccc3n2C)cc1. The molecular weight excluding hydrogens is 484 g/mol. The molecule has 38 heavy (non-hydrogen) atoms. The first-order valence-electron chi connectivity index (χ1n) is 12.3. The second kappa shape index (κ2) is 11.5. The number of carbonyl (C=O) groups excluding carboxylic acids is 1. The van der Waals surface area contributed by atoms with E-state index in [2.05, 4.69) is 10.3 Å². The van der Waals surface area contributed by atoms with E-state index in [1.807, 2.05) is 48.9 Å². The fraction of sp³-hybridized carbons (Fsp3) is 0.250. The minimum absolute atomic E-state index is 0.138. The molecule has 4 aromatic rings. The van der Waals surface area contributed by atoms with Crippen LogP contribution < -0.4 is 10.2 Å². The number of amides is 1. The van der Waals surface area contributed by atoms with E-state index in [-0.39, 0.29) is 18.2 Å². The third-order valence-corrected chi connectivity index (χ3v) is 6.13. The van der Waals surface area contributed by atoms with E-state index >= 15 is 0 Å². The predicted octanol–water partition coefficient (Wildman–Crippen LogP) is 4.45. The van der Waals surface area contributed by atoms with Crippen molar-refractivity contribution in [3.63, 3.8) is 0 Å². The number of carboxylic acids is 1. The highest BCUT2D eigenvalue weighted by atomic mass is 16.5. The summed E-state index contributed by atoms with van der Waals surface area (Å²) in [5, 5.41) is 20.5. The van der Waals surface area contributed by atoms with E-state index in [1.165, 1.54) is 4.90 Å². The van der Waals surface area contributed by atoms with Crippen LogP contribution in [0.3, 0.4) is 0 Å². The average molecular weight is 515 g/mol. The molecule has 10 heteroatoms. The Morgan fingerprint density at radius 2 is 1.87 bits per heavy atom. The highest BCUT2D eigenvalue weighted by Gasteiger charge is 2.26. The second-order valence-corrected chi connectivity index (χ2v) is 8.79. The van der Waals surface area contributed by atoms with Gasteiger partial charge in [-0.05, 0) is 68.4 Å². The Morgan fingerprint density at radius 3 is 2.53 bits per heavy atom. The molecule has 1 unspecified atom stereocenters. The van der Waals surface area contributed by atoms with Crippen LogP contribution in [0.15, 0.2) is 66.9 Å². The molecule has 0 saturated heterocycles. The third-order valence-electron chi connectivity index (χ3n) is 6.13. The van der Waals surface area contributed by atoms with Crippen LogP contribution in [0.4, 0.5) is 11.5 Å². The van der Waals surface area contributed by atoms with Crippen molar-refractivity contribution in [2.75, 3.05) is 16.8 Å². The Bertz CT molecular complexity index is 1450. The van der Waals surface area contributed by atoms with E-state index < -0.39 is 12.0 Å². The zero-order valence-corrected chi connectivity index (χ0v) is 21.5. The summed E-state index contributed by atoms with van der Waals surface area (Å²) in [6.45, 7) is 4.43. The summed E-state index contributed by atoms with van der Waals surface area (Å²) in [4.78, 5) is 35.3. The number of carboxylic acid groups (broad SMARTS) is 1. The average Bonchev–Trinajstić information content (AvgIpc) is 3.22. The molecule has 0 saturated carbocycles. The van der Waals surface area contributed by atoms with E-state index in [4.69, 9.17) is 15.1 Å². The first-order valence-corrected chi connectivity index (χ1v) is 12.3. The minimum atomic E-state index is -0.995. The van der Waals surface area contributed by atoms with Crippen LogP contribution in [0.25, 0.3) is 11.0 Å². The van der Waals surface area contributed by atoms with Gasteiger partial charge in [0.05, 0.1) is 30.6 Å². The fourth-order valence-electron chi connectivity index (χ4n) is 4.20. The molecule has 1 atom stereocenters. The molecule has 4 rings (SSSR count). The largest absolute Gasteiger partial charge is 0.481 e. The van der Waals surface area contributed by atoms with Gasteiger partial charge in [-0.25, -0.2) is 9.97 Å². The molecule has 0 radical (unpaired) electrons. The van der Waals surface area contributed by atoms with Crippen molar-refractivity contribution in [2.24, 2.45) is 7.05 Å². The van der Waals surface area contributed by atoms with E-state index in [0.29, 0.717) is 35.6 Å². The monoisotopic (exact) mass is 514 g/mol. The molecule has 0 aliphatic carbocycles. The zero-order chi connectivity index (χ0) is 27.2. The molecule has 10 nitrogen and oxygen atoms in total. The first-order chi connectivity index (χ1) is 18.3. The van der Waals surface area contributed by atoms with Crippen LogP contribution in [-0.2, 0) is 23.1 Å². The van der Waals surface area contributed by atoms with Gasteiger partial charge in [0.1, 0.15) is 11.6 Å². The summed E-state index contributed by atoms with van der Waals surface area (Å²) in [7, 11) is 1.91. The Morgan fingerprint density at radius 1 is 1.13 bits per heavy atom. The molecule has 0 aliphatic rings. The number of imidazole rings is 1. The van der Waals surface area contributed by atoms with Gasteiger partial charge in [0.25, 0.3) is 5.91 Å². The lowest BCUT2D eigenvalue weighted by atomic mass is 10.1. The Hall–Kier alpha value is -4.73. The number of hydrogen-bond acceptors (Lipinski definition) is 7. The summed E-state index contributed by atoms with van der Waals surface area (Å²) >= 11 is 0. The minimum Gasteiger partial charge on any atom is -0.481 e. The fourth-order valence-corrected chi connectivity index (χ4v) is 4.20. The molecule has 3 N–H and O–H groups in total. The van der Waals surface area contributed by atoms with E-state index in [1.54, 1.807) is 43.5 Å². The summed E-state index contributed by atoms with van der Waals surface area (Å²) in [6.07, 6.45) is 1.36. The molecule has 0 aliphatic heterocycles. The maximum absolute atomic E-state index is 13.6. The lowest BCUT2D eigenvalue weighted by Crippen LogP contribution is -2.40. The van der Waals surface area contributed by atoms with Gasteiger partial charge in [-0.2, -0.15) is 0 Å². The third kappa shape index (κ3) is 5.80. The number of benzene rings is 2. The highest BCUT2D eigenvalue weighted by Crippen LogP contribution is 2.23. The highest BCUT2D eigenvalue weighted by molar-refractivity contribution is 6.07. The number of ether oxygens (including phenoxy) is 1. The van der Waals surface area contributed by atoms with Crippen LogP contribution in [0, 0.1) is 5.41 Å². The Labute approximate surface area is 220 Å². The van der Waals surface area contributed by atoms with Gasteiger partial charge in [-0.1, -0.05) is 6.07 Å². The molecule has 2 aromatic carbocycles. The van der Waals surface area contributed by atoms with E-state index in [9.17, 15) is 14.7 Å². The number of nitrogens with one attached hydrogen (secondary N) is 2. The van der Waals surface area contributed by atoms with Gasteiger partial charge < -0.3 is 19.7 Å². The van der Waals surface area contributed by atoms with Crippen LogP contribution in [0.2, 0.25) is 0 Å². The molecule has 0 spiro atoms. The summed E-state index contributed by atoms with van der Waals surface area (Å²) in [5.41, 5.74) is 3.49. The van der Waals surface area contributed by atoms with Crippen molar-refractivity contribution < 1.29 is 19.4 Å². The van der Waals surface area contributed by atoms with Crippen LogP contribution >= 0.6 is 0 Å². The maximum atomic E-state index is 13.6. The number of pyridine rings is 1. The van der Waals surface area contributed by atoms with E-state index in [0.717, 1.165) is 17.0 Å². The van der Waals surface area contributed by atoms with Crippen molar-refractivity contribution in [1.82, 2.24) is 14.5 Å². The van der Waals surface area contributed by atoms with Crippen LogP contribution in [0.1, 0.15) is 42.0 Å². The smallest absolute Gasteiger partial charge is 0.305 e. The number of hydrogen-bond donors (Lipinski definition) is 3. The maximum Gasteiger partial charge on any atom is 0.305 e. The van der Waals surface area contributed by atoms with Gasteiger partial charge in [0.15, 0.2) is 0 Å². The number of aromatic nitrogens is 3. The summed E-state index contributed by atoms with van der Waals surface area (Å²) in [6, 6.07) is 17.3. The molecule has 1 amide bonds. The van der Waals surface area contributed by atoms with Crippen LogP contribution in [-0.4, -0.2) is 50.1 Å². The van der Waals surface area contributed by atoms with Gasteiger partial charge in [-0.15, -0.1) is 0 Å². The standard InChI is InChI=1S/C28H30N6O4/c1-4-38-27(29)19-8-11-21(12-9-19)31-17-25-32-22-16-20(10-13-23(22)33(25)3)28(37)34(18(2)15-26(35)36)24-7-5-6-14-30-24/h5-14,16,18,29,31H,4,15,17H2,1-3H3,(H,35,36). The molecule has 196 valence electrons. The number of aliphatic carboxylic acids is 1. The number of aryl methyl sites for hydroxylation is 1. The second-order valence-electron chi connectivity index (χ2n) is 8.79. The predicted molar refractivity (Wildman–Crippen MR) is 146 cm³/mol. The van der Waals surface area contributed by atoms with Gasteiger partial charge in [0, 0.05) is 36.1 Å². The van der Waals surface area contributed by atoms with Crippen molar-refractivity contribution in [1.29, 1.82) is 5.41 Å².